The molecule has 2 rings (SSSR count). The van der Waals surface area contributed by atoms with Gasteiger partial charge in [0.25, 0.3) is 0 Å². The number of thiophene rings is 1. The first-order valence-corrected chi connectivity index (χ1v) is 7.58. The molecule has 0 amide bonds. The molecule has 0 spiro atoms. The minimum absolute atomic E-state index is 0.456. The summed E-state index contributed by atoms with van der Waals surface area (Å²) < 4.78 is 0. The van der Waals surface area contributed by atoms with Crippen molar-refractivity contribution in [2.24, 2.45) is 10.7 Å². The summed E-state index contributed by atoms with van der Waals surface area (Å²) in [4.78, 5) is 6.89. The molecule has 3 nitrogen and oxygen atoms in total. The van der Waals surface area contributed by atoms with Gasteiger partial charge in [0.1, 0.15) is 0 Å². The summed E-state index contributed by atoms with van der Waals surface area (Å²) in [5.41, 5.74) is 8.20. The van der Waals surface area contributed by atoms with Crippen LogP contribution in [0.5, 0.6) is 0 Å². The predicted molar refractivity (Wildman–Crippen MR) is 88.5 cm³/mol. The van der Waals surface area contributed by atoms with Crippen LogP contribution in [0.4, 0.5) is 5.69 Å². The molecular formula is C16H21N3S. The molecule has 20 heavy (non-hydrogen) atoms. The number of guanidine groups is 1. The van der Waals surface area contributed by atoms with Crippen LogP contribution in [0.2, 0.25) is 0 Å². The molecule has 0 saturated heterocycles. The Morgan fingerprint density at radius 3 is 2.75 bits per heavy atom. The number of hydrogen-bond acceptors (Lipinski definition) is 2. The average Bonchev–Trinajstić information content (AvgIpc) is 2.82. The van der Waals surface area contributed by atoms with E-state index in [1.807, 2.05) is 12.1 Å². The van der Waals surface area contributed by atoms with Gasteiger partial charge in [0, 0.05) is 15.4 Å². The first-order valence-electron chi connectivity index (χ1n) is 6.77. The van der Waals surface area contributed by atoms with Crippen LogP contribution in [-0.4, -0.2) is 5.96 Å². The van der Waals surface area contributed by atoms with Crippen LogP contribution in [0.15, 0.2) is 41.4 Å². The van der Waals surface area contributed by atoms with E-state index in [0.717, 1.165) is 5.69 Å². The fourth-order valence-corrected chi connectivity index (χ4v) is 2.71. The van der Waals surface area contributed by atoms with Gasteiger partial charge in [0.2, 0.25) is 0 Å². The fraction of sp³-hybridized carbons (Fsp3) is 0.312. The van der Waals surface area contributed by atoms with Crippen LogP contribution in [0.25, 0.3) is 0 Å². The van der Waals surface area contributed by atoms with E-state index in [1.165, 1.54) is 15.3 Å². The Bertz CT molecular complexity index is 599. The number of aryl methyl sites for hydroxylation is 1. The lowest BCUT2D eigenvalue weighted by Gasteiger charge is -2.09. The molecule has 0 aliphatic carbocycles. The highest BCUT2D eigenvalue weighted by molar-refractivity contribution is 7.11. The molecule has 2 aromatic rings. The standard InChI is InChI=1S/C16H21N3S/c1-11(2)13-5-4-6-14(9-13)19-16(17)18-10-15-8-7-12(3)20-15/h4-9,11H,10H2,1-3H3,(H3,17,18,19). The molecule has 0 fully saturated rings. The summed E-state index contributed by atoms with van der Waals surface area (Å²) in [5.74, 6) is 0.959. The maximum absolute atomic E-state index is 5.93. The normalized spacial score (nSPS) is 11.9. The minimum atomic E-state index is 0.456. The number of benzene rings is 1. The van der Waals surface area contributed by atoms with Crippen molar-refractivity contribution in [2.75, 3.05) is 5.32 Å². The Hall–Kier alpha value is -1.81. The van der Waals surface area contributed by atoms with E-state index in [2.05, 4.69) is 55.3 Å². The third-order valence-corrected chi connectivity index (χ3v) is 4.01. The molecule has 0 atom stereocenters. The van der Waals surface area contributed by atoms with E-state index < -0.39 is 0 Å². The number of nitrogens with one attached hydrogen (secondary N) is 1. The van der Waals surface area contributed by atoms with Crippen LogP contribution in [0, 0.1) is 6.92 Å². The SMILES string of the molecule is Cc1ccc(CN=C(N)Nc2cccc(C(C)C)c2)s1. The van der Waals surface area contributed by atoms with Gasteiger partial charge >= 0.3 is 0 Å². The van der Waals surface area contributed by atoms with E-state index in [9.17, 15) is 0 Å². The molecule has 3 N–H and O–H groups in total. The van der Waals surface area contributed by atoms with Crippen molar-refractivity contribution in [2.45, 2.75) is 33.2 Å². The van der Waals surface area contributed by atoms with Gasteiger partial charge < -0.3 is 11.1 Å². The van der Waals surface area contributed by atoms with Gasteiger partial charge in [0.05, 0.1) is 6.54 Å². The summed E-state index contributed by atoms with van der Waals surface area (Å²) in [6.07, 6.45) is 0. The van der Waals surface area contributed by atoms with Crippen molar-refractivity contribution in [1.29, 1.82) is 0 Å². The van der Waals surface area contributed by atoms with Crippen molar-refractivity contribution in [3.05, 3.63) is 51.7 Å². The second-order valence-corrected chi connectivity index (χ2v) is 6.49. The number of nitrogens with two attached hydrogens (primary N) is 1. The van der Waals surface area contributed by atoms with Crippen molar-refractivity contribution < 1.29 is 0 Å². The van der Waals surface area contributed by atoms with E-state index >= 15 is 0 Å². The maximum Gasteiger partial charge on any atom is 0.193 e. The van der Waals surface area contributed by atoms with Gasteiger partial charge in [-0.3, -0.25) is 0 Å². The lowest BCUT2D eigenvalue weighted by Crippen LogP contribution is -2.22. The highest BCUT2D eigenvalue weighted by Gasteiger charge is 2.01. The molecule has 0 unspecified atom stereocenters. The summed E-state index contributed by atoms with van der Waals surface area (Å²) in [7, 11) is 0. The van der Waals surface area contributed by atoms with Gasteiger partial charge in [-0.15, -0.1) is 11.3 Å². The van der Waals surface area contributed by atoms with Crippen molar-refractivity contribution >= 4 is 23.0 Å². The zero-order valence-corrected chi connectivity index (χ0v) is 13.0. The molecule has 106 valence electrons. The predicted octanol–water partition coefficient (Wildman–Crippen LogP) is 4.11. The number of aliphatic imine (C=N–C) groups is 1. The number of nitrogens with zero attached hydrogens (tertiary/aromatic N) is 1. The quantitative estimate of drug-likeness (QED) is 0.657. The van der Waals surface area contributed by atoms with E-state index in [4.69, 9.17) is 5.73 Å². The molecule has 4 heteroatoms. The van der Waals surface area contributed by atoms with Gasteiger partial charge in [0.15, 0.2) is 5.96 Å². The fourth-order valence-electron chi connectivity index (χ4n) is 1.90. The maximum atomic E-state index is 5.93. The van der Waals surface area contributed by atoms with E-state index in [0.29, 0.717) is 18.4 Å². The van der Waals surface area contributed by atoms with E-state index in [-0.39, 0.29) is 0 Å². The molecule has 0 aliphatic rings. The summed E-state index contributed by atoms with van der Waals surface area (Å²) >= 11 is 1.75. The van der Waals surface area contributed by atoms with Gasteiger partial charge in [-0.2, -0.15) is 0 Å². The second-order valence-electron chi connectivity index (χ2n) is 5.12. The largest absolute Gasteiger partial charge is 0.370 e. The third kappa shape index (κ3) is 4.10. The van der Waals surface area contributed by atoms with Crippen molar-refractivity contribution in [3.8, 4) is 0 Å². The molecule has 1 aromatic heterocycles. The van der Waals surface area contributed by atoms with Crippen molar-refractivity contribution in [3.63, 3.8) is 0 Å². The molecule has 0 saturated carbocycles. The van der Waals surface area contributed by atoms with Gasteiger partial charge in [-0.25, -0.2) is 4.99 Å². The highest BCUT2D eigenvalue weighted by Crippen LogP contribution is 2.19. The highest BCUT2D eigenvalue weighted by atomic mass is 32.1. The van der Waals surface area contributed by atoms with E-state index in [1.54, 1.807) is 11.3 Å². The van der Waals surface area contributed by atoms with Crippen LogP contribution in [0.1, 0.15) is 35.1 Å². The van der Waals surface area contributed by atoms with Crippen molar-refractivity contribution in [1.82, 2.24) is 0 Å². The molecule has 0 radical (unpaired) electrons. The zero-order chi connectivity index (χ0) is 14.5. The minimum Gasteiger partial charge on any atom is -0.370 e. The molecule has 1 heterocycles. The number of rotatable bonds is 4. The molecule has 0 bridgehead atoms. The zero-order valence-electron chi connectivity index (χ0n) is 12.2. The molecule has 1 aromatic carbocycles. The number of hydrogen-bond donors (Lipinski definition) is 2. The molecular weight excluding hydrogens is 266 g/mol. The lowest BCUT2D eigenvalue weighted by atomic mass is 10.0. The monoisotopic (exact) mass is 287 g/mol. The lowest BCUT2D eigenvalue weighted by molar-refractivity contribution is 0.867. The molecule has 0 aliphatic heterocycles. The Kier molecular flexibility index (Phi) is 4.79. The average molecular weight is 287 g/mol. The number of anilines is 1. The van der Waals surface area contributed by atoms with Gasteiger partial charge in [-0.05, 0) is 42.7 Å². The Balaban J connectivity index is 2.00. The first kappa shape index (κ1) is 14.6. The third-order valence-electron chi connectivity index (χ3n) is 3.03. The smallest absolute Gasteiger partial charge is 0.193 e. The summed E-state index contributed by atoms with van der Waals surface area (Å²) in [6, 6.07) is 12.5. The Labute approximate surface area is 124 Å². The second kappa shape index (κ2) is 6.57. The Morgan fingerprint density at radius 1 is 1.30 bits per heavy atom. The van der Waals surface area contributed by atoms with Crippen LogP contribution < -0.4 is 11.1 Å². The first-order chi connectivity index (χ1) is 9.54. The summed E-state index contributed by atoms with van der Waals surface area (Å²) in [6.45, 7) is 7.07. The van der Waals surface area contributed by atoms with Crippen LogP contribution in [0.3, 0.4) is 0 Å². The van der Waals surface area contributed by atoms with Gasteiger partial charge in [-0.1, -0.05) is 26.0 Å². The Morgan fingerprint density at radius 2 is 2.10 bits per heavy atom. The summed E-state index contributed by atoms with van der Waals surface area (Å²) in [5, 5.41) is 3.15. The topological polar surface area (TPSA) is 50.4 Å². The van der Waals surface area contributed by atoms with Crippen LogP contribution >= 0.6 is 11.3 Å². The van der Waals surface area contributed by atoms with Crippen LogP contribution in [-0.2, 0) is 6.54 Å².